The molecule has 1 aliphatic carbocycles. The highest BCUT2D eigenvalue weighted by Crippen LogP contribution is 2.36. The maximum absolute atomic E-state index is 12.0. The summed E-state index contributed by atoms with van der Waals surface area (Å²) in [5.41, 5.74) is 1.28. The van der Waals surface area contributed by atoms with Crippen LogP contribution in [0.3, 0.4) is 0 Å². The molecular weight excluding hydrogens is 368 g/mol. The summed E-state index contributed by atoms with van der Waals surface area (Å²) in [6, 6.07) is -0.957. The molecule has 0 aromatic heterocycles. The number of aliphatic carboxylic acids is 1. The first-order valence-electron chi connectivity index (χ1n) is 8.95. The monoisotopic (exact) mass is 396 g/mol. The summed E-state index contributed by atoms with van der Waals surface area (Å²) in [4.78, 5) is 36.1. The molecule has 0 aromatic carbocycles. The molecule has 0 saturated carbocycles. The second-order valence-corrected chi connectivity index (χ2v) is 7.06. The van der Waals surface area contributed by atoms with Crippen LogP contribution in [-0.2, 0) is 19.1 Å². The topological polar surface area (TPSA) is 105 Å². The summed E-state index contributed by atoms with van der Waals surface area (Å²) in [7, 11) is 0. The Hall–Kier alpha value is -2.06. The molecule has 0 aromatic rings. The quantitative estimate of drug-likeness (QED) is 0.201. The average molecular weight is 397 g/mol. The van der Waals surface area contributed by atoms with Crippen molar-refractivity contribution in [2.75, 3.05) is 19.0 Å². The van der Waals surface area contributed by atoms with Crippen molar-refractivity contribution in [2.45, 2.75) is 45.1 Å². The van der Waals surface area contributed by atoms with Crippen LogP contribution >= 0.6 is 11.8 Å². The van der Waals surface area contributed by atoms with E-state index in [-0.39, 0.29) is 12.3 Å². The fourth-order valence-corrected chi connectivity index (χ4v) is 3.73. The third-order valence-corrected chi connectivity index (χ3v) is 5.10. The predicted octanol–water partition coefficient (Wildman–Crippen LogP) is 2.36. The van der Waals surface area contributed by atoms with Crippen LogP contribution in [0.1, 0.15) is 39.0 Å². The van der Waals surface area contributed by atoms with Crippen LogP contribution in [0.2, 0.25) is 0 Å². The Morgan fingerprint density at radius 3 is 2.67 bits per heavy atom. The van der Waals surface area contributed by atoms with Gasteiger partial charge in [0.25, 0.3) is 0 Å². The zero-order valence-corrected chi connectivity index (χ0v) is 16.5. The van der Waals surface area contributed by atoms with E-state index in [1.807, 2.05) is 0 Å². The Kier molecular flexibility index (Phi) is 10.5. The maximum Gasteiger partial charge on any atom is 0.337 e. The fourth-order valence-electron chi connectivity index (χ4n) is 2.63. The molecule has 0 saturated heterocycles. The molecule has 0 spiro atoms. The minimum absolute atomic E-state index is 0.162. The lowest BCUT2D eigenvalue weighted by Gasteiger charge is -2.21. The van der Waals surface area contributed by atoms with Gasteiger partial charge in [0.1, 0.15) is 6.04 Å². The van der Waals surface area contributed by atoms with Gasteiger partial charge in [-0.3, -0.25) is 9.59 Å². The van der Waals surface area contributed by atoms with Crippen LogP contribution in [0.5, 0.6) is 0 Å². The minimum atomic E-state index is -1.08. The van der Waals surface area contributed by atoms with Gasteiger partial charge in [-0.1, -0.05) is 12.7 Å². The molecule has 7 nitrogen and oxygen atoms in total. The lowest BCUT2D eigenvalue weighted by atomic mass is 9.94. The van der Waals surface area contributed by atoms with Crippen molar-refractivity contribution >= 4 is 29.6 Å². The summed E-state index contributed by atoms with van der Waals surface area (Å²) in [6.07, 6.45) is 4.97. The lowest BCUT2D eigenvalue weighted by Crippen LogP contribution is -2.41. The number of nitrogens with one attached hydrogen (secondary N) is 2. The Balaban J connectivity index is 2.59. The Bertz CT molecular complexity index is 615. The molecule has 0 heterocycles. The first-order chi connectivity index (χ1) is 12.9. The molecule has 0 unspecified atom stereocenters. The minimum Gasteiger partial charge on any atom is -0.480 e. The van der Waals surface area contributed by atoms with Gasteiger partial charge in [-0.2, -0.15) is 0 Å². The number of rotatable bonds is 12. The van der Waals surface area contributed by atoms with Crippen LogP contribution in [0.25, 0.3) is 0 Å². The van der Waals surface area contributed by atoms with E-state index >= 15 is 0 Å². The molecule has 150 valence electrons. The summed E-state index contributed by atoms with van der Waals surface area (Å²) in [5.74, 6) is -1.54. The molecule has 0 radical (unpaired) electrons. The van der Waals surface area contributed by atoms with E-state index in [2.05, 4.69) is 23.8 Å². The largest absolute Gasteiger partial charge is 0.480 e. The number of hydrogen-bond acceptors (Lipinski definition) is 6. The van der Waals surface area contributed by atoms with Gasteiger partial charge in [-0.15, -0.1) is 18.3 Å². The highest BCUT2D eigenvalue weighted by atomic mass is 32.2. The first kappa shape index (κ1) is 23.0. The van der Waals surface area contributed by atoms with Gasteiger partial charge in [0.05, 0.1) is 24.5 Å². The van der Waals surface area contributed by atoms with E-state index < -0.39 is 18.0 Å². The highest BCUT2D eigenvalue weighted by molar-refractivity contribution is 8.03. The Morgan fingerprint density at radius 2 is 2.04 bits per heavy atom. The second-order valence-electron chi connectivity index (χ2n) is 5.99. The normalized spacial score (nSPS) is 15.0. The molecule has 0 fully saturated rings. The summed E-state index contributed by atoms with van der Waals surface area (Å²) >= 11 is 1.45. The average Bonchev–Trinajstić information content (AvgIpc) is 2.64. The van der Waals surface area contributed by atoms with E-state index in [0.29, 0.717) is 24.6 Å². The molecule has 3 N–H and O–H groups in total. The molecule has 1 atom stereocenters. The SMILES string of the molecule is C=CCN[C@H](CC(=O)NCSC1=C(C(=C)C(=O)OCC)CCCC1)C(=O)O. The zero-order valence-electron chi connectivity index (χ0n) is 15.7. The molecule has 1 amide bonds. The van der Waals surface area contributed by atoms with Crippen molar-refractivity contribution in [2.24, 2.45) is 0 Å². The van der Waals surface area contributed by atoms with Crippen LogP contribution in [0, 0.1) is 0 Å². The number of carbonyl (C=O) groups excluding carboxylic acids is 2. The predicted molar refractivity (Wildman–Crippen MR) is 106 cm³/mol. The van der Waals surface area contributed by atoms with Crippen molar-refractivity contribution in [1.29, 1.82) is 0 Å². The summed E-state index contributed by atoms with van der Waals surface area (Å²) in [6.45, 7) is 9.74. The van der Waals surface area contributed by atoms with E-state index in [1.54, 1.807) is 6.92 Å². The molecule has 27 heavy (non-hydrogen) atoms. The zero-order chi connectivity index (χ0) is 20.2. The first-order valence-corrected chi connectivity index (χ1v) is 9.94. The van der Waals surface area contributed by atoms with Gasteiger partial charge in [0.15, 0.2) is 0 Å². The van der Waals surface area contributed by atoms with Crippen molar-refractivity contribution in [3.8, 4) is 0 Å². The van der Waals surface area contributed by atoms with Crippen molar-refractivity contribution in [1.82, 2.24) is 10.6 Å². The molecule has 0 aliphatic heterocycles. The fraction of sp³-hybridized carbons (Fsp3) is 0.526. The van der Waals surface area contributed by atoms with Crippen LogP contribution in [0.4, 0.5) is 0 Å². The summed E-state index contributed by atoms with van der Waals surface area (Å²) in [5, 5.41) is 14.6. The number of ether oxygens (including phenoxy) is 1. The number of hydrogen-bond donors (Lipinski definition) is 3. The third kappa shape index (κ3) is 8.01. The van der Waals surface area contributed by atoms with Gasteiger partial charge < -0.3 is 20.5 Å². The van der Waals surface area contributed by atoms with Crippen LogP contribution in [0.15, 0.2) is 35.3 Å². The molecule has 1 rings (SSSR count). The van der Waals surface area contributed by atoms with Gasteiger partial charge in [-0.25, -0.2) is 4.79 Å². The van der Waals surface area contributed by atoms with E-state index in [0.717, 1.165) is 36.2 Å². The Morgan fingerprint density at radius 1 is 1.33 bits per heavy atom. The second kappa shape index (κ2) is 12.3. The number of carboxylic acids is 1. The number of allylic oxidation sites excluding steroid dienone is 1. The molecule has 8 heteroatoms. The van der Waals surface area contributed by atoms with Gasteiger partial charge in [0, 0.05) is 6.54 Å². The van der Waals surface area contributed by atoms with Crippen LogP contribution < -0.4 is 10.6 Å². The number of carbonyl (C=O) groups is 3. The van der Waals surface area contributed by atoms with Gasteiger partial charge >= 0.3 is 11.9 Å². The Labute approximate surface area is 164 Å². The summed E-state index contributed by atoms with van der Waals surface area (Å²) < 4.78 is 5.03. The third-order valence-electron chi connectivity index (χ3n) is 4.02. The lowest BCUT2D eigenvalue weighted by molar-refractivity contribution is -0.141. The van der Waals surface area contributed by atoms with E-state index in [1.165, 1.54) is 17.8 Å². The van der Waals surface area contributed by atoms with Crippen LogP contribution in [-0.4, -0.2) is 48.0 Å². The number of thioether (sulfide) groups is 1. The van der Waals surface area contributed by atoms with Gasteiger partial charge in [0.2, 0.25) is 5.91 Å². The van der Waals surface area contributed by atoms with Gasteiger partial charge in [-0.05, 0) is 43.1 Å². The van der Waals surface area contributed by atoms with Crippen molar-refractivity contribution < 1.29 is 24.2 Å². The smallest absolute Gasteiger partial charge is 0.337 e. The number of amides is 1. The number of carboxylic acid groups (broad SMARTS) is 1. The standard InChI is InChI=1S/C19H28N2O5S/c1-4-10-20-15(18(23)24)11-17(22)21-12-27-16-9-7-6-8-14(16)13(3)19(25)26-5-2/h4,15,20H,1,3,5-12H2,2H3,(H,21,22)(H,23,24)/t15-/m1/s1. The molecule has 1 aliphatic rings. The highest BCUT2D eigenvalue weighted by Gasteiger charge is 2.22. The van der Waals surface area contributed by atoms with Crippen molar-refractivity contribution in [3.63, 3.8) is 0 Å². The number of esters is 1. The molecule has 0 bridgehead atoms. The van der Waals surface area contributed by atoms with E-state index in [4.69, 9.17) is 9.84 Å². The molecular formula is C19H28N2O5S. The van der Waals surface area contributed by atoms with Crippen molar-refractivity contribution in [3.05, 3.63) is 35.3 Å². The maximum atomic E-state index is 12.0. The van der Waals surface area contributed by atoms with E-state index in [9.17, 15) is 14.4 Å².